The molecule has 1 N–H and O–H groups in total. The molecule has 0 saturated carbocycles. The molecule has 5 heteroatoms. The van der Waals surface area contributed by atoms with Gasteiger partial charge in [0.15, 0.2) is 0 Å². The van der Waals surface area contributed by atoms with Crippen molar-refractivity contribution in [3.63, 3.8) is 0 Å². The summed E-state index contributed by atoms with van der Waals surface area (Å²) < 4.78 is 9.42. The van der Waals surface area contributed by atoms with Crippen molar-refractivity contribution < 1.29 is 19.1 Å². The Hall–Kier alpha value is -2.30. The minimum absolute atomic E-state index is 0.0244. The summed E-state index contributed by atoms with van der Waals surface area (Å²) in [4.78, 5) is 22.3. The zero-order chi connectivity index (χ0) is 13.4. The van der Waals surface area contributed by atoms with Crippen LogP contribution in [0.1, 0.15) is 5.56 Å². The minimum Gasteiger partial charge on any atom is -0.468 e. The third-order valence-electron chi connectivity index (χ3n) is 2.13. The maximum absolute atomic E-state index is 11.5. The SMILES string of the molecule is C=C(NCC(=O)OC)C(=O)OCc1ccccc1. The van der Waals surface area contributed by atoms with Gasteiger partial charge in [-0.25, -0.2) is 4.79 Å². The zero-order valence-corrected chi connectivity index (χ0v) is 10.1. The van der Waals surface area contributed by atoms with E-state index in [1.165, 1.54) is 7.11 Å². The minimum atomic E-state index is -0.595. The van der Waals surface area contributed by atoms with E-state index >= 15 is 0 Å². The Labute approximate surface area is 105 Å². The highest BCUT2D eigenvalue weighted by molar-refractivity contribution is 5.87. The molecule has 18 heavy (non-hydrogen) atoms. The fourth-order valence-electron chi connectivity index (χ4n) is 1.13. The lowest BCUT2D eigenvalue weighted by Crippen LogP contribution is -2.27. The highest BCUT2D eigenvalue weighted by Crippen LogP contribution is 2.02. The maximum Gasteiger partial charge on any atom is 0.354 e. The number of carbonyl (C=O) groups excluding carboxylic acids is 2. The van der Waals surface area contributed by atoms with Crippen LogP contribution in [0.15, 0.2) is 42.6 Å². The first-order valence-corrected chi connectivity index (χ1v) is 5.34. The molecule has 0 aliphatic heterocycles. The highest BCUT2D eigenvalue weighted by atomic mass is 16.5. The molecule has 1 rings (SSSR count). The predicted octanol–water partition coefficient (Wildman–Crippen LogP) is 1.01. The first-order chi connectivity index (χ1) is 8.63. The number of ether oxygens (including phenoxy) is 2. The lowest BCUT2D eigenvalue weighted by molar-refractivity contribution is -0.141. The number of nitrogens with one attached hydrogen (secondary N) is 1. The molecule has 1 aromatic rings. The molecule has 0 radical (unpaired) electrons. The van der Waals surface area contributed by atoms with Crippen molar-refractivity contribution >= 4 is 11.9 Å². The van der Waals surface area contributed by atoms with Gasteiger partial charge in [0.1, 0.15) is 18.8 Å². The van der Waals surface area contributed by atoms with Gasteiger partial charge in [-0.05, 0) is 5.56 Å². The second-order valence-electron chi connectivity index (χ2n) is 3.47. The Balaban J connectivity index is 2.32. The molecule has 0 atom stereocenters. The van der Waals surface area contributed by atoms with Gasteiger partial charge >= 0.3 is 11.9 Å². The molecular formula is C13H15NO4. The van der Waals surface area contributed by atoms with Gasteiger partial charge in [-0.3, -0.25) is 4.79 Å². The van der Waals surface area contributed by atoms with Crippen molar-refractivity contribution in [1.29, 1.82) is 0 Å². The van der Waals surface area contributed by atoms with E-state index in [4.69, 9.17) is 4.74 Å². The highest BCUT2D eigenvalue weighted by Gasteiger charge is 2.10. The molecular weight excluding hydrogens is 234 g/mol. The van der Waals surface area contributed by atoms with Gasteiger partial charge in [0.2, 0.25) is 0 Å². The van der Waals surface area contributed by atoms with Crippen LogP contribution in [0.25, 0.3) is 0 Å². The number of carbonyl (C=O) groups is 2. The molecule has 0 unspecified atom stereocenters. The molecule has 96 valence electrons. The van der Waals surface area contributed by atoms with Gasteiger partial charge in [0.25, 0.3) is 0 Å². The average molecular weight is 249 g/mol. The summed E-state index contributed by atoms with van der Waals surface area (Å²) in [7, 11) is 1.26. The fraction of sp³-hybridized carbons (Fsp3) is 0.231. The van der Waals surface area contributed by atoms with Crippen molar-refractivity contribution in [3.05, 3.63) is 48.2 Å². The molecule has 0 spiro atoms. The lowest BCUT2D eigenvalue weighted by Gasteiger charge is -2.08. The van der Waals surface area contributed by atoms with Gasteiger partial charge in [-0.1, -0.05) is 36.9 Å². The standard InChI is InChI=1S/C13H15NO4/c1-10(14-8-12(15)17-2)13(16)18-9-11-6-4-3-5-7-11/h3-7,14H,1,8-9H2,2H3. The Bertz CT molecular complexity index is 428. The van der Waals surface area contributed by atoms with Crippen LogP contribution in [0.4, 0.5) is 0 Å². The van der Waals surface area contributed by atoms with Gasteiger partial charge in [-0.15, -0.1) is 0 Å². The van der Waals surface area contributed by atoms with Crippen LogP contribution in [0.5, 0.6) is 0 Å². The summed E-state index contributed by atoms with van der Waals surface area (Å²) in [6, 6.07) is 9.28. The summed E-state index contributed by atoms with van der Waals surface area (Å²) in [5, 5.41) is 2.53. The predicted molar refractivity (Wildman–Crippen MR) is 65.4 cm³/mol. The monoisotopic (exact) mass is 249 g/mol. The first kappa shape index (κ1) is 13.8. The summed E-state index contributed by atoms with van der Waals surface area (Å²) in [5.41, 5.74) is 0.906. The summed E-state index contributed by atoms with van der Waals surface area (Å²) >= 11 is 0. The van der Waals surface area contributed by atoms with Crippen molar-refractivity contribution in [3.8, 4) is 0 Å². The smallest absolute Gasteiger partial charge is 0.354 e. The molecule has 0 aliphatic carbocycles. The lowest BCUT2D eigenvalue weighted by atomic mass is 10.2. The molecule has 0 heterocycles. The number of methoxy groups -OCH3 is 1. The van der Waals surface area contributed by atoms with Gasteiger partial charge in [0.05, 0.1) is 7.11 Å². The van der Waals surface area contributed by atoms with Crippen molar-refractivity contribution in [1.82, 2.24) is 5.32 Å². The first-order valence-electron chi connectivity index (χ1n) is 5.34. The normalized spacial score (nSPS) is 9.39. The van der Waals surface area contributed by atoms with Crippen LogP contribution in [0, 0.1) is 0 Å². The van der Waals surface area contributed by atoms with Gasteiger partial charge in [-0.2, -0.15) is 0 Å². The van der Waals surface area contributed by atoms with E-state index in [9.17, 15) is 9.59 Å². The van der Waals surface area contributed by atoms with E-state index < -0.39 is 11.9 Å². The summed E-state index contributed by atoms with van der Waals surface area (Å²) in [6.07, 6.45) is 0. The van der Waals surface area contributed by atoms with E-state index in [0.29, 0.717) is 0 Å². The van der Waals surface area contributed by atoms with E-state index in [1.807, 2.05) is 30.3 Å². The third-order valence-corrected chi connectivity index (χ3v) is 2.13. The van der Waals surface area contributed by atoms with E-state index in [2.05, 4.69) is 16.6 Å². The molecule has 0 bridgehead atoms. The molecule has 0 fully saturated rings. The second-order valence-corrected chi connectivity index (χ2v) is 3.47. The van der Waals surface area contributed by atoms with Gasteiger partial charge < -0.3 is 14.8 Å². The number of rotatable bonds is 6. The molecule has 5 nitrogen and oxygen atoms in total. The Morgan fingerprint density at radius 3 is 2.56 bits per heavy atom. The van der Waals surface area contributed by atoms with Crippen molar-refractivity contribution in [2.75, 3.05) is 13.7 Å². The largest absolute Gasteiger partial charge is 0.468 e. The number of hydrogen-bond acceptors (Lipinski definition) is 5. The van der Waals surface area contributed by atoms with E-state index in [1.54, 1.807) is 0 Å². The Morgan fingerprint density at radius 1 is 1.28 bits per heavy atom. The Kier molecular flexibility index (Phi) is 5.44. The van der Waals surface area contributed by atoms with Crippen LogP contribution in [-0.2, 0) is 25.7 Å². The topological polar surface area (TPSA) is 64.6 Å². The number of esters is 2. The van der Waals surface area contributed by atoms with Gasteiger partial charge in [0, 0.05) is 0 Å². The molecule has 0 aromatic heterocycles. The van der Waals surface area contributed by atoms with Crippen LogP contribution < -0.4 is 5.32 Å². The molecule has 0 amide bonds. The fourth-order valence-corrected chi connectivity index (χ4v) is 1.13. The van der Waals surface area contributed by atoms with Crippen LogP contribution >= 0.6 is 0 Å². The van der Waals surface area contributed by atoms with Crippen LogP contribution in [0.3, 0.4) is 0 Å². The second kappa shape index (κ2) is 7.11. The maximum atomic E-state index is 11.5. The molecule has 0 saturated heterocycles. The number of hydrogen-bond donors (Lipinski definition) is 1. The number of benzene rings is 1. The van der Waals surface area contributed by atoms with E-state index in [-0.39, 0.29) is 18.8 Å². The summed E-state index contributed by atoms with van der Waals surface area (Å²) in [5.74, 6) is -1.07. The molecule has 1 aromatic carbocycles. The molecule has 0 aliphatic rings. The third kappa shape index (κ3) is 4.69. The zero-order valence-electron chi connectivity index (χ0n) is 10.1. The van der Waals surface area contributed by atoms with E-state index in [0.717, 1.165) is 5.56 Å². The van der Waals surface area contributed by atoms with Crippen LogP contribution in [-0.4, -0.2) is 25.6 Å². The van der Waals surface area contributed by atoms with Crippen molar-refractivity contribution in [2.45, 2.75) is 6.61 Å². The average Bonchev–Trinajstić information content (AvgIpc) is 2.42. The Morgan fingerprint density at radius 2 is 1.94 bits per heavy atom. The quantitative estimate of drug-likeness (QED) is 0.602. The van der Waals surface area contributed by atoms with Crippen LogP contribution in [0.2, 0.25) is 0 Å². The summed E-state index contributed by atoms with van der Waals surface area (Å²) in [6.45, 7) is 3.53. The van der Waals surface area contributed by atoms with Crippen molar-refractivity contribution in [2.24, 2.45) is 0 Å².